The first-order chi connectivity index (χ1) is 22.4. The fourth-order valence-electron chi connectivity index (χ4n) is 5.58. The van der Waals surface area contributed by atoms with Crippen LogP contribution in [0.3, 0.4) is 0 Å². The molecule has 7 heteroatoms. The minimum absolute atomic E-state index is 0.152. The van der Waals surface area contributed by atoms with Crippen molar-refractivity contribution in [1.82, 2.24) is 0 Å². The first kappa shape index (κ1) is 44.6. The Balaban J connectivity index is 3.53. The van der Waals surface area contributed by atoms with E-state index in [0.29, 0.717) is 25.7 Å². The van der Waals surface area contributed by atoms with Crippen LogP contribution in [0.5, 0.6) is 0 Å². The zero-order chi connectivity index (χ0) is 33.9. The van der Waals surface area contributed by atoms with Crippen LogP contribution in [0.2, 0.25) is 0 Å². The van der Waals surface area contributed by atoms with E-state index in [9.17, 15) is 24.9 Å². The van der Waals surface area contributed by atoms with Gasteiger partial charge in [0.05, 0.1) is 12.2 Å². The number of ether oxygens (including phenoxy) is 2. The topological polar surface area (TPSA) is 113 Å². The lowest BCUT2D eigenvalue weighted by molar-refractivity contribution is -0.152. The summed E-state index contributed by atoms with van der Waals surface area (Å²) in [5.41, 5.74) is 0. The molecule has 7 nitrogen and oxygen atoms in total. The molecule has 0 saturated heterocycles. The maximum absolute atomic E-state index is 12.0. The molecule has 0 radical (unpaired) electrons. The van der Waals surface area contributed by atoms with Gasteiger partial charge in [-0.15, -0.1) is 0 Å². The maximum atomic E-state index is 12.0. The van der Waals surface area contributed by atoms with Gasteiger partial charge in [0, 0.05) is 12.8 Å². The lowest BCUT2D eigenvalue weighted by Gasteiger charge is -2.16. The van der Waals surface area contributed by atoms with Crippen molar-refractivity contribution in [1.29, 1.82) is 0 Å². The number of carbonyl (C=O) groups excluding carboxylic acids is 2. The summed E-state index contributed by atoms with van der Waals surface area (Å²) in [6.45, 7) is 4.12. The van der Waals surface area contributed by atoms with Crippen LogP contribution in [0.15, 0.2) is 12.2 Å². The van der Waals surface area contributed by atoms with Crippen molar-refractivity contribution >= 4 is 11.9 Å². The van der Waals surface area contributed by atoms with Crippen molar-refractivity contribution in [2.75, 3.05) is 13.2 Å². The summed E-state index contributed by atoms with van der Waals surface area (Å²) in [6.07, 6.45) is 31.5. The molecule has 0 aliphatic heterocycles. The van der Waals surface area contributed by atoms with Crippen LogP contribution in [-0.4, -0.2) is 58.8 Å². The second-order valence-corrected chi connectivity index (χ2v) is 13.4. The summed E-state index contributed by atoms with van der Waals surface area (Å²) in [6, 6.07) is 0. The molecule has 0 aliphatic rings. The summed E-state index contributed by atoms with van der Waals surface area (Å²) in [5, 5.41) is 30.2. The highest BCUT2D eigenvalue weighted by Gasteiger charge is 2.14. The van der Waals surface area contributed by atoms with Crippen molar-refractivity contribution < 1.29 is 34.4 Å². The SMILES string of the molecule is CCCCC/C=C\C[C@@H](O)[C@H](O)CCCCCCCC(=O)OC[C@@H](O)COC(=O)CCCCCCCCCCCCCCCCC. The molecule has 0 aromatic carbocycles. The predicted molar refractivity (Wildman–Crippen MR) is 190 cm³/mol. The molecule has 0 aromatic heterocycles. The molecular weight excluding hydrogens is 580 g/mol. The zero-order valence-corrected chi connectivity index (χ0v) is 30.1. The van der Waals surface area contributed by atoms with Gasteiger partial charge in [0.15, 0.2) is 0 Å². The van der Waals surface area contributed by atoms with E-state index < -0.39 is 18.3 Å². The van der Waals surface area contributed by atoms with E-state index in [-0.39, 0.29) is 31.6 Å². The van der Waals surface area contributed by atoms with Gasteiger partial charge < -0.3 is 24.8 Å². The monoisotopic (exact) mass is 655 g/mol. The Morgan fingerprint density at radius 2 is 0.891 bits per heavy atom. The van der Waals surface area contributed by atoms with Gasteiger partial charge in [-0.05, 0) is 38.5 Å². The molecule has 0 amide bonds. The molecule has 0 unspecified atom stereocenters. The van der Waals surface area contributed by atoms with Crippen molar-refractivity contribution in [3.05, 3.63) is 12.2 Å². The fourth-order valence-corrected chi connectivity index (χ4v) is 5.58. The van der Waals surface area contributed by atoms with Crippen LogP contribution in [0.4, 0.5) is 0 Å². The first-order valence-electron chi connectivity index (χ1n) is 19.4. The predicted octanol–water partition coefficient (Wildman–Crippen LogP) is 9.67. The molecule has 0 bridgehead atoms. The quantitative estimate of drug-likeness (QED) is 0.0354. The molecule has 0 rings (SSSR count). The number of allylic oxidation sites excluding steroid dienone is 1. The van der Waals surface area contributed by atoms with Crippen molar-refractivity contribution in [2.45, 2.75) is 212 Å². The maximum Gasteiger partial charge on any atom is 0.305 e. The number of unbranched alkanes of at least 4 members (excludes halogenated alkanes) is 21. The van der Waals surface area contributed by atoms with Crippen molar-refractivity contribution in [2.24, 2.45) is 0 Å². The molecule has 3 N–H and O–H groups in total. The van der Waals surface area contributed by atoms with Crippen LogP contribution in [0, 0.1) is 0 Å². The largest absolute Gasteiger partial charge is 0.463 e. The van der Waals surface area contributed by atoms with E-state index in [0.717, 1.165) is 51.4 Å². The summed E-state index contributed by atoms with van der Waals surface area (Å²) in [7, 11) is 0. The Morgan fingerprint density at radius 1 is 0.500 bits per heavy atom. The van der Waals surface area contributed by atoms with Gasteiger partial charge in [-0.1, -0.05) is 154 Å². The van der Waals surface area contributed by atoms with Crippen LogP contribution < -0.4 is 0 Å². The van der Waals surface area contributed by atoms with Crippen LogP contribution in [0.1, 0.15) is 194 Å². The molecule has 3 atom stereocenters. The number of aliphatic hydroxyl groups excluding tert-OH is 3. The molecule has 0 saturated carbocycles. The number of aliphatic hydroxyl groups is 3. The lowest BCUT2D eigenvalue weighted by Crippen LogP contribution is -2.25. The van der Waals surface area contributed by atoms with E-state index in [4.69, 9.17) is 9.47 Å². The number of carbonyl (C=O) groups is 2. The fraction of sp³-hybridized carbons (Fsp3) is 0.897. The highest BCUT2D eigenvalue weighted by atomic mass is 16.6. The minimum Gasteiger partial charge on any atom is -0.463 e. The Labute approximate surface area is 283 Å². The lowest BCUT2D eigenvalue weighted by atomic mass is 10.0. The minimum atomic E-state index is -1.01. The van der Waals surface area contributed by atoms with E-state index in [2.05, 4.69) is 19.9 Å². The smallest absolute Gasteiger partial charge is 0.305 e. The Morgan fingerprint density at radius 3 is 1.35 bits per heavy atom. The Hall–Kier alpha value is -1.44. The number of esters is 2. The zero-order valence-electron chi connectivity index (χ0n) is 30.1. The second kappa shape index (κ2) is 34.9. The van der Waals surface area contributed by atoms with Gasteiger partial charge in [-0.3, -0.25) is 9.59 Å². The molecule has 0 heterocycles. The van der Waals surface area contributed by atoms with Crippen LogP contribution in [0.25, 0.3) is 0 Å². The molecular formula is C39H74O7. The third-order valence-electron chi connectivity index (χ3n) is 8.70. The van der Waals surface area contributed by atoms with E-state index in [1.165, 1.54) is 96.3 Å². The average Bonchev–Trinajstić information content (AvgIpc) is 3.05. The standard InChI is InChI=1S/C39H74O7/c1-3-5-7-9-11-12-13-14-15-16-17-18-19-23-27-31-38(43)45-33-35(40)34-46-39(44)32-28-24-20-22-26-30-37(42)36(41)29-25-21-10-8-6-4-2/h21,25,35-37,40-42H,3-20,22-24,26-34H2,1-2H3/b25-21-/t35-,36+,37+/m0/s1. The summed E-state index contributed by atoms with van der Waals surface area (Å²) >= 11 is 0. The highest BCUT2D eigenvalue weighted by molar-refractivity contribution is 5.69. The molecule has 0 spiro atoms. The van der Waals surface area contributed by atoms with Gasteiger partial charge in [0.1, 0.15) is 19.3 Å². The van der Waals surface area contributed by atoms with E-state index in [1.54, 1.807) is 0 Å². The Kier molecular flexibility index (Phi) is 33.8. The summed E-state index contributed by atoms with van der Waals surface area (Å²) < 4.78 is 10.3. The van der Waals surface area contributed by atoms with Crippen molar-refractivity contribution in [3.63, 3.8) is 0 Å². The van der Waals surface area contributed by atoms with E-state index in [1.807, 2.05) is 6.08 Å². The number of hydrogen-bond acceptors (Lipinski definition) is 7. The molecule has 0 aliphatic carbocycles. The third kappa shape index (κ3) is 32.5. The first-order valence-corrected chi connectivity index (χ1v) is 19.4. The number of hydrogen-bond donors (Lipinski definition) is 3. The average molecular weight is 655 g/mol. The van der Waals surface area contributed by atoms with Crippen molar-refractivity contribution in [3.8, 4) is 0 Å². The van der Waals surface area contributed by atoms with Gasteiger partial charge in [0.25, 0.3) is 0 Å². The van der Waals surface area contributed by atoms with Gasteiger partial charge in [0.2, 0.25) is 0 Å². The van der Waals surface area contributed by atoms with E-state index >= 15 is 0 Å². The van der Waals surface area contributed by atoms with Crippen LogP contribution >= 0.6 is 0 Å². The number of rotatable bonds is 35. The normalized spacial score (nSPS) is 13.6. The van der Waals surface area contributed by atoms with Gasteiger partial charge in [-0.2, -0.15) is 0 Å². The second-order valence-electron chi connectivity index (χ2n) is 13.4. The third-order valence-corrected chi connectivity index (χ3v) is 8.70. The van der Waals surface area contributed by atoms with Gasteiger partial charge in [-0.25, -0.2) is 0 Å². The summed E-state index contributed by atoms with van der Waals surface area (Å²) in [4.78, 5) is 23.9. The molecule has 272 valence electrons. The Bertz CT molecular complexity index is 696. The van der Waals surface area contributed by atoms with Gasteiger partial charge >= 0.3 is 11.9 Å². The van der Waals surface area contributed by atoms with Crippen LogP contribution in [-0.2, 0) is 19.1 Å². The summed E-state index contributed by atoms with van der Waals surface area (Å²) in [5.74, 6) is -0.666. The molecule has 46 heavy (non-hydrogen) atoms. The highest BCUT2D eigenvalue weighted by Crippen LogP contribution is 2.15. The molecule has 0 fully saturated rings. The molecule has 0 aromatic rings.